The van der Waals surface area contributed by atoms with Gasteiger partial charge in [0.05, 0.1) is 10.8 Å². The number of nitrogens with zero attached hydrogens (tertiary/aromatic N) is 1. The lowest BCUT2D eigenvalue weighted by atomic mass is 10.3. The monoisotopic (exact) mass is 209 g/mol. The minimum atomic E-state index is -0.755. The Labute approximate surface area is 88.1 Å². The van der Waals surface area contributed by atoms with E-state index in [-0.39, 0.29) is 0 Å². The van der Waals surface area contributed by atoms with Gasteiger partial charge in [-0.2, -0.15) is 4.99 Å². The molecule has 1 unspecified atom stereocenters. The summed E-state index contributed by atoms with van der Waals surface area (Å²) in [7, 11) is 0. The van der Waals surface area contributed by atoms with Crippen molar-refractivity contribution in [3.8, 4) is 5.75 Å². The van der Waals surface area contributed by atoms with Crippen molar-refractivity contribution >= 4 is 23.1 Å². The number of ether oxygens (including phenoxy) is 1. The molecule has 0 heterocycles. The first-order chi connectivity index (χ1) is 6.76. The van der Waals surface area contributed by atoms with E-state index in [0.29, 0.717) is 12.2 Å². The third-order valence-electron chi connectivity index (χ3n) is 1.63. The average Bonchev–Trinajstić information content (AvgIpc) is 2.21. The Kier molecular flexibility index (Phi) is 4.26. The van der Waals surface area contributed by atoms with E-state index in [2.05, 4.69) is 22.4 Å². The summed E-state index contributed by atoms with van der Waals surface area (Å²) < 4.78 is 5.16. The van der Waals surface area contributed by atoms with E-state index in [1.807, 2.05) is 6.92 Å². The van der Waals surface area contributed by atoms with Gasteiger partial charge in [-0.25, -0.2) is 0 Å². The molecule has 1 aromatic carbocycles. The molecular formula is C10H11NO2S. The van der Waals surface area contributed by atoms with Crippen LogP contribution >= 0.6 is 12.2 Å². The topological polar surface area (TPSA) is 41.8 Å². The Morgan fingerprint density at radius 3 is 2.64 bits per heavy atom. The maximum absolute atomic E-state index is 9.21. The second kappa shape index (κ2) is 5.50. The molecule has 0 aliphatic rings. The number of aliphatic hydroxyl groups is 1. The quantitative estimate of drug-likeness (QED) is 0.470. The fourth-order valence-electron chi connectivity index (χ4n) is 0.892. The number of aliphatic hydroxyl groups excluding tert-OH is 1. The van der Waals surface area contributed by atoms with Gasteiger partial charge < -0.3 is 9.84 Å². The molecule has 0 saturated carbocycles. The molecule has 4 heteroatoms. The van der Waals surface area contributed by atoms with Crippen LogP contribution in [0.2, 0.25) is 0 Å². The highest BCUT2D eigenvalue weighted by molar-refractivity contribution is 7.78. The number of hydrogen-bond acceptors (Lipinski definition) is 4. The third-order valence-corrected chi connectivity index (χ3v) is 1.72. The zero-order valence-corrected chi connectivity index (χ0v) is 8.62. The van der Waals surface area contributed by atoms with Gasteiger partial charge in [0.15, 0.2) is 6.29 Å². The zero-order valence-electron chi connectivity index (χ0n) is 7.80. The number of aliphatic imine (C=N–C) groups is 1. The second-order valence-corrected chi connectivity index (χ2v) is 2.86. The lowest BCUT2D eigenvalue weighted by Gasteiger charge is -2.10. The molecule has 14 heavy (non-hydrogen) atoms. The number of isothiocyanates is 1. The maximum atomic E-state index is 9.21. The fraction of sp³-hybridized carbons (Fsp3) is 0.300. The number of benzene rings is 1. The average molecular weight is 209 g/mol. The summed E-state index contributed by atoms with van der Waals surface area (Å²) in [6.07, 6.45) is -0.199. The van der Waals surface area contributed by atoms with Crippen molar-refractivity contribution in [2.75, 3.05) is 0 Å². The van der Waals surface area contributed by atoms with Gasteiger partial charge in [0.1, 0.15) is 5.75 Å². The van der Waals surface area contributed by atoms with Crippen molar-refractivity contribution in [2.24, 2.45) is 4.99 Å². The van der Waals surface area contributed by atoms with Crippen LogP contribution in [0.25, 0.3) is 0 Å². The highest BCUT2D eigenvalue weighted by Gasteiger charge is 2.01. The van der Waals surface area contributed by atoms with E-state index in [4.69, 9.17) is 4.74 Å². The van der Waals surface area contributed by atoms with Gasteiger partial charge in [0, 0.05) is 6.42 Å². The molecule has 1 aromatic rings. The van der Waals surface area contributed by atoms with Crippen LogP contribution in [0.4, 0.5) is 5.69 Å². The first kappa shape index (κ1) is 10.9. The number of thiocarbonyl (C=S) groups is 1. The van der Waals surface area contributed by atoms with Crippen LogP contribution in [-0.2, 0) is 0 Å². The molecule has 1 atom stereocenters. The summed E-state index contributed by atoms with van der Waals surface area (Å²) in [6.45, 7) is 1.84. The molecule has 0 aromatic heterocycles. The Balaban J connectivity index is 2.68. The van der Waals surface area contributed by atoms with Crippen LogP contribution in [-0.4, -0.2) is 16.6 Å². The van der Waals surface area contributed by atoms with Gasteiger partial charge in [0.25, 0.3) is 0 Å². The molecule has 0 fully saturated rings. The molecule has 0 aliphatic heterocycles. The second-order valence-electron chi connectivity index (χ2n) is 2.68. The summed E-state index contributed by atoms with van der Waals surface area (Å²) in [5.74, 6) is 0.614. The molecule has 0 amide bonds. The number of rotatable bonds is 4. The van der Waals surface area contributed by atoms with Crippen molar-refractivity contribution in [1.82, 2.24) is 0 Å². The smallest absolute Gasteiger partial charge is 0.197 e. The van der Waals surface area contributed by atoms with Crippen molar-refractivity contribution in [3.63, 3.8) is 0 Å². The molecule has 1 rings (SSSR count). The van der Waals surface area contributed by atoms with Crippen LogP contribution in [0.1, 0.15) is 13.3 Å². The minimum absolute atomic E-state index is 0.555. The first-order valence-electron chi connectivity index (χ1n) is 4.29. The van der Waals surface area contributed by atoms with E-state index >= 15 is 0 Å². The van der Waals surface area contributed by atoms with Crippen molar-refractivity contribution in [2.45, 2.75) is 19.6 Å². The molecule has 0 saturated heterocycles. The van der Waals surface area contributed by atoms with Crippen molar-refractivity contribution < 1.29 is 9.84 Å². The minimum Gasteiger partial charge on any atom is -0.465 e. The molecule has 0 radical (unpaired) electrons. The summed E-state index contributed by atoms with van der Waals surface area (Å²) in [4.78, 5) is 3.79. The van der Waals surface area contributed by atoms with E-state index in [0.717, 1.165) is 5.69 Å². The van der Waals surface area contributed by atoms with Gasteiger partial charge in [-0.1, -0.05) is 6.92 Å². The van der Waals surface area contributed by atoms with E-state index in [9.17, 15) is 5.11 Å². The van der Waals surface area contributed by atoms with Crippen molar-refractivity contribution in [3.05, 3.63) is 24.3 Å². The summed E-state index contributed by atoms with van der Waals surface area (Å²) >= 11 is 4.47. The largest absolute Gasteiger partial charge is 0.465 e. The summed E-state index contributed by atoms with van der Waals surface area (Å²) in [5.41, 5.74) is 0.721. The maximum Gasteiger partial charge on any atom is 0.197 e. The normalized spacial score (nSPS) is 11.6. The lowest BCUT2D eigenvalue weighted by Crippen LogP contribution is -2.13. The Morgan fingerprint density at radius 1 is 1.50 bits per heavy atom. The Morgan fingerprint density at radius 2 is 2.14 bits per heavy atom. The highest BCUT2D eigenvalue weighted by atomic mass is 32.1. The van der Waals surface area contributed by atoms with Gasteiger partial charge in [-0.05, 0) is 36.5 Å². The molecule has 0 bridgehead atoms. The number of hydrogen-bond donors (Lipinski definition) is 1. The predicted octanol–water partition coefficient (Wildman–Crippen LogP) is 2.53. The fourth-order valence-corrected chi connectivity index (χ4v) is 0.998. The van der Waals surface area contributed by atoms with E-state index in [1.165, 1.54) is 0 Å². The molecule has 3 nitrogen and oxygen atoms in total. The van der Waals surface area contributed by atoms with Gasteiger partial charge in [0.2, 0.25) is 0 Å². The summed E-state index contributed by atoms with van der Waals surface area (Å²) in [5, 5.41) is 11.5. The van der Waals surface area contributed by atoms with Gasteiger partial charge in [-0.3, -0.25) is 0 Å². The molecule has 0 aliphatic carbocycles. The molecule has 1 N–H and O–H groups in total. The van der Waals surface area contributed by atoms with Crippen LogP contribution in [0.15, 0.2) is 29.3 Å². The summed E-state index contributed by atoms with van der Waals surface area (Å²) in [6, 6.07) is 6.95. The standard InChI is InChI=1S/C10H11NO2S/c1-2-10(12)13-9-5-3-8(4-6-9)11-7-14/h3-6,10,12H,2H2,1H3. The van der Waals surface area contributed by atoms with Crippen LogP contribution < -0.4 is 4.74 Å². The van der Waals surface area contributed by atoms with Crippen molar-refractivity contribution in [1.29, 1.82) is 0 Å². The molecule has 74 valence electrons. The van der Waals surface area contributed by atoms with Gasteiger partial charge in [-0.15, -0.1) is 0 Å². The highest BCUT2D eigenvalue weighted by Crippen LogP contribution is 2.18. The lowest BCUT2D eigenvalue weighted by molar-refractivity contribution is -0.0191. The Hall–Kier alpha value is -1.22. The predicted molar refractivity (Wildman–Crippen MR) is 58.1 cm³/mol. The third kappa shape index (κ3) is 3.26. The molecule has 0 spiro atoms. The first-order valence-corrected chi connectivity index (χ1v) is 4.69. The SMILES string of the molecule is CCC(O)Oc1ccc(N=C=S)cc1. The van der Waals surface area contributed by atoms with Crippen LogP contribution in [0.5, 0.6) is 5.75 Å². The van der Waals surface area contributed by atoms with E-state index in [1.54, 1.807) is 24.3 Å². The molecular weight excluding hydrogens is 198 g/mol. The van der Waals surface area contributed by atoms with Crippen LogP contribution in [0, 0.1) is 0 Å². The van der Waals surface area contributed by atoms with Crippen LogP contribution in [0.3, 0.4) is 0 Å². The van der Waals surface area contributed by atoms with E-state index < -0.39 is 6.29 Å². The zero-order chi connectivity index (χ0) is 10.4. The Bertz CT molecular complexity index is 330. The van der Waals surface area contributed by atoms with Gasteiger partial charge >= 0.3 is 0 Å².